The van der Waals surface area contributed by atoms with E-state index in [1.165, 1.54) is 10.9 Å². The molecule has 8 heteroatoms. The van der Waals surface area contributed by atoms with Crippen LogP contribution in [0.25, 0.3) is 5.69 Å². The predicted molar refractivity (Wildman–Crippen MR) is 93.4 cm³/mol. The maximum Gasteiger partial charge on any atom is 0.294 e. The fraction of sp³-hybridized carbons (Fsp3) is 0.0625. The lowest BCUT2D eigenvalue weighted by molar-refractivity contribution is 0.303. The monoisotopic (exact) mass is 381 g/mol. The normalized spacial score (nSPS) is 10.6. The van der Waals surface area contributed by atoms with E-state index in [0.717, 1.165) is 5.56 Å². The van der Waals surface area contributed by atoms with Gasteiger partial charge in [0.05, 0.1) is 11.9 Å². The molecule has 0 radical (unpaired) electrons. The van der Waals surface area contributed by atoms with Crippen molar-refractivity contribution < 1.29 is 4.74 Å². The summed E-state index contributed by atoms with van der Waals surface area (Å²) in [5.74, 6) is 0.196. The van der Waals surface area contributed by atoms with E-state index < -0.39 is 5.56 Å². The molecule has 3 rings (SSSR count). The Kier molecular flexibility index (Phi) is 5.04. The molecule has 2 aromatic heterocycles. The molecule has 24 heavy (non-hydrogen) atoms. The minimum atomic E-state index is -0.481. The number of ether oxygens (including phenoxy) is 1. The van der Waals surface area contributed by atoms with Gasteiger partial charge in [0.15, 0.2) is 10.8 Å². The molecule has 0 amide bonds. The summed E-state index contributed by atoms with van der Waals surface area (Å²) in [7, 11) is 0. The number of hydrogen-bond donors (Lipinski definition) is 0. The summed E-state index contributed by atoms with van der Waals surface area (Å²) in [4.78, 5) is 16.3. The Bertz CT molecular complexity index is 909. The van der Waals surface area contributed by atoms with E-state index in [-0.39, 0.29) is 17.4 Å². The van der Waals surface area contributed by atoms with Crippen molar-refractivity contribution in [1.82, 2.24) is 14.8 Å². The SMILES string of the molecule is O=c1c(Cl)c(OCc2ccc(Cl)nc2)cnn1-c1ccc(Cl)cc1. The third-order valence-electron chi connectivity index (χ3n) is 3.14. The van der Waals surface area contributed by atoms with E-state index in [1.54, 1.807) is 42.6 Å². The van der Waals surface area contributed by atoms with Crippen LogP contribution in [-0.2, 0) is 6.61 Å². The van der Waals surface area contributed by atoms with Gasteiger partial charge in [0.2, 0.25) is 0 Å². The van der Waals surface area contributed by atoms with Crippen molar-refractivity contribution >= 4 is 34.8 Å². The smallest absolute Gasteiger partial charge is 0.294 e. The van der Waals surface area contributed by atoms with E-state index in [1.807, 2.05) is 0 Å². The largest absolute Gasteiger partial charge is 0.485 e. The first-order chi connectivity index (χ1) is 11.5. The van der Waals surface area contributed by atoms with Crippen LogP contribution in [0.4, 0.5) is 0 Å². The predicted octanol–water partition coefficient (Wildman–Crippen LogP) is 4.17. The molecule has 0 atom stereocenters. The molecule has 3 aromatic rings. The second kappa shape index (κ2) is 7.21. The van der Waals surface area contributed by atoms with Crippen molar-refractivity contribution in [3.63, 3.8) is 0 Å². The van der Waals surface area contributed by atoms with Crippen LogP contribution in [0.15, 0.2) is 53.6 Å². The summed E-state index contributed by atoms with van der Waals surface area (Å²) in [6.45, 7) is 0.190. The highest BCUT2D eigenvalue weighted by molar-refractivity contribution is 6.31. The number of pyridine rings is 1. The molecule has 0 saturated carbocycles. The van der Waals surface area contributed by atoms with Gasteiger partial charge in [-0.3, -0.25) is 4.79 Å². The average molecular weight is 383 g/mol. The number of halogens is 3. The third kappa shape index (κ3) is 3.70. The van der Waals surface area contributed by atoms with E-state index in [0.29, 0.717) is 15.9 Å². The second-order valence-electron chi connectivity index (χ2n) is 4.79. The fourth-order valence-electron chi connectivity index (χ4n) is 1.94. The molecule has 0 saturated heterocycles. The van der Waals surface area contributed by atoms with Gasteiger partial charge in [0.1, 0.15) is 11.8 Å². The standard InChI is InChI=1S/C16H10Cl3N3O2/c17-11-2-4-12(5-3-11)22-16(23)15(19)13(8-21-22)24-9-10-1-6-14(18)20-7-10/h1-8H,9H2. The van der Waals surface area contributed by atoms with Gasteiger partial charge in [-0.2, -0.15) is 9.78 Å². The highest BCUT2D eigenvalue weighted by Crippen LogP contribution is 2.21. The minimum Gasteiger partial charge on any atom is -0.485 e. The average Bonchev–Trinajstić information content (AvgIpc) is 2.59. The highest BCUT2D eigenvalue weighted by Gasteiger charge is 2.12. The van der Waals surface area contributed by atoms with Gasteiger partial charge in [0, 0.05) is 16.8 Å². The summed E-state index contributed by atoms with van der Waals surface area (Å²) in [6.07, 6.45) is 2.97. The zero-order valence-corrected chi connectivity index (χ0v) is 14.4. The number of nitrogens with zero attached hydrogens (tertiary/aromatic N) is 3. The molecule has 5 nitrogen and oxygen atoms in total. The lowest BCUT2D eigenvalue weighted by Gasteiger charge is -2.10. The van der Waals surface area contributed by atoms with Gasteiger partial charge < -0.3 is 4.74 Å². The van der Waals surface area contributed by atoms with Gasteiger partial charge >= 0.3 is 0 Å². The first-order valence-electron chi connectivity index (χ1n) is 6.81. The molecule has 0 unspecified atom stereocenters. The number of benzene rings is 1. The molecule has 122 valence electrons. The summed E-state index contributed by atoms with van der Waals surface area (Å²) >= 11 is 17.7. The van der Waals surface area contributed by atoms with Crippen LogP contribution >= 0.6 is 34.8 Å². The van der Waals surface area contributed by atoms with E-state index >= 15 is 0 Å². The summed E-state index contributed by atoms with van der Waals surface area (Å²) in [5, 5.41) is 4.98. The van der Waals surface area contributed by atoms with Crippen molar-refractivity contribution in [3.05, 3.63) is 79.9 Å². The molecule has 0 fully saturated rings. The van der Waals surface area contributed by atoms with Crippen LogP contribution in [0.3, 0.4) is 0 Å². The van der Waals surface area contributed by atoms with Gasteiger partial charge in [-0.1, -0.05) is 40.9 Å². The quantitative estimate of drug-likeness (QED) is 0.636. The van der Waals surface area contributed by atoms with E-state index in [4.69, 9.17) is 39.5 Å². The number of rotatable bonds is 4. The molecule has 0 bridgehead atoms. The molecule has 0 spiro atoms. The van der Waals surface area contributed by atoms with Crippen LogP contribution in [0.1, 0.15) is 5.56 Å². The van der Waals surface area contributed by atoms with Gasteiger partial charge in [-0.05, 0) is 30.3 Å². The van der Waals surface area contributed by atoms with Gasteiger partial charge in [-0.25, -0.2) is 4.98 Å². The fourth-order valence-corrected chi connectivity index (χ4v) is 2.36. The topological polar surface area (TPSA) is 57.0 Å². The van der Waals surface area contributed by atoms with Crippen molar-refractivity contribution in [2.45, 2.75) is 6.61 Å². The molecule has 0 aliphatic carbocycles. The minimum absolute atomic E-state index is 0.0538. The maximum atomic E-state index is 12.4. The van der Waals surface area contributed by atoms with Crippen molar-refractivity contribution in [2.24, 2.45) is 0 Å². The number of hydrogen-bond acceptors (Lipinski definition) is 4. The van der Waals surface area contributed by atoms with Crippen LogP contribution in [-0.4, -0.2) is 14.8 Å². The molecule has 1 aromatic carbocycles. The lowest BCUT2D eigenvalue weighted by atomic mass is 10.3. The molecule has 0 aliphatic heterocycles. The van der Waals surface area contributed by atoms with E-state index in [2.05, 4.69) is 10.1 Å². The van der Waals surface area contributed by atoms with Crippen LogP contribution in [0.5, 0.6) is 5.75 Å². The molecular formula is C16H10Cl3N3O2. The maximum absolute atomic E-state index is 12.4. The number of aromatic nitrogens is 3. The Labute approximate surface area is 152 Å². The molecule has 0 aliphatic rings. The summed E-state index contributed by atoms with van der Waals surface area (Å²) in [5.41, 5.74) is 0.864. The molecule has 2 heterocycles. The molecule has 0 N–H and O–H groups in total. The van der Waals surface area contributed by atoms with Gasteiger partial charge in [-0.15, -0.1) is 0 Å². The Balaban J connectivity index is 1.83. The van der Waals surface area contributed by atoms with Crippen LogP contribution < -0.4 is 10.3 Å². The summed E-state index contributed by atoms with van der Waals surface area (Å²) in [6, 6.07) is 10.1. The second-order valence-corrected chi connectivity index (χ2v) is 6.00. The van der Waals surface area contributed by atoms with Crippen molar-refractivity contribution in [3.8, 4) is 11.4 Å². The Morgan fingerprint density at radius 2 is 1.75 bits per heavy atom. The Hall–Kier alpha value is -2.08. The third-order valence-corrected chi connectivity index (χ3v) is 3.96. The first-order valence-corrected chi connectivity index (χ1v) is 7.95. The van der Waals surface area contributed by atoms with Crippen LogP contribution in [0, 0.1) is 0 Å². The lowest BCUT2D eigenvalue weighted by Crippen LogP contribution is -2.22. The van der Waals surface area contributed by atoms with Crippen LogP contribution in [0.2, 0.25) is 15.2 Å². The Morgan fingerprint density at radius 3 is 2.42 bits per heavy atom. The highest BCUT2D eigenvalue weighted by atomic mass is 35.5. The Morgan fingerprint density at radius 1 is 1.00 bits per heavy atom. The summed E-state index contributed by atoms with van der Waals surface area (Å²) < 4.78 is 6.72. The first kappa shape index (κ1) is 16.8. The van der Waals surface area contributed by atoms with Crippen molar-refractivity contribution in [1.29, 1.82) is 0 Å². The zero-order valence-electron chi connectivity index (χ0n) is 12.1. The van der Waals surface area contributed by atoms with Gasteiger partial charge in [0.25, 0.3) is 5.56 Å². The zero-order chi connectivity index (χ0) is 17.1. The van der Waals surface area contributed by atoms with Crippen molar-refractivity contribution in [2.75, 3.05) is 0 Å². The van der Waals surface area contributed by atoms with E-state index in [9.17, 15) is 4.79 Å². The molecular weight excluding hydrogens is 373 g/mol.